The Hall–Kier alpha value is -1.19. The highest BCUT2D eigenvalue weighted by atomic mass is 16.5. The van der Waals surface area contributed by atoms with E-state index in [0.29, 0.717) is 18.4 Å². The van der Waals surface area contributed by atoms with E-state index in [1.807, 2.05) is 0 Å². The van der Waals surface area contributed by atoms with Crippen LogP contribution in [0.15, 0.2) is 12.3 Å². The topological polar surface area (TPSA) is 49.8 Å². The maximum Gasteiger partial charge on any atom is 0.407 e. The van der Waals surface area contributed by atoms with E-state index in [1.165, 1.54) is 4.90 Å². The molecule has 1 saturated carbocycles. The van der Waals surface area contributed by atoms with Crippen LogP contribution in [0.2, 0.25) is 0 Å². The molecule has 0 aliphatic heterocycles. The lowest BCUT2D eigenvalue weighted by molar-refractivity contribution is 0.141. The van der Waals surface area contributed by atoms with Gasteiger partial charge in [0.15, 0.2) is 0 Å². The van der Waals surface area contributed by atoms with E-state index in [0.717, 1.165) is 25.7 Å². The Morgan fingerprint density at radius 1 is 1.44 bits per heavy atom. The number of nitrogens with zero attached hydrogens (tertiary/aromatic N) is 1. The number of hydrogen-bond donors (Lipinski definition) is 1. The quantitative estimate of drug-likeness (QED) is 0.751. The van der Waals surface area contributed by atoms with Crippen LogP contribution in [0.1, 0.15) is 25.7 Å². The van der Waals surface area contributed by atoms with Crippen LogP contribution in [-0.2, 0) is 4.74 Å². The van der Waals surface area contributed by atoms with Crippen molar-refractivity contribution in [2.45, 2.75) is 25.7 Å². The first-order valence-electron chi connectivity index (χ1n) is 5.77. The molecule has 0 bridgehead atoms. The number of amides is 1. The van der Waals surface area contributed by atoms with Crippen molar-refractivity contribution in [3.8, 4) is 0 Å². The van der Waals surface area contributed by atoms with Gasteiger partial charge in [-0.2, -0.15) is 0 Å². The average Bonchev–Trinajstić information content (AvgIpc) is 2.28. The Labute approximate surface area is 96.9 Å². The molecule has 0 heterocycles. The first-order chi connectivity index (χ1) is 7.63. The minimum atomic E-state index is -0.832. The van der Waals surface area contributed by atoms with Gasteiger partial charge >= 0.3 is 6.09 Å². The van der Waals surface area contributed by atoms with Crippen molar-refractivity contribution in [3.05, 3.63) is 12.3 Å². The summed E-state index contributed by atoms with van der Waals surface area (Å²) in [5, 5.41) is 8.78. The van der Waals surface area contributed by atoms with Crippen molar-refractivity contribution in [2.75, 3.05) is 20.7 Å². The average molecular weight is 227 g/mol. The number of rotatable bonds is 4. The third-order valence-electron chi connectivity index (χ3n) is 3.24. The van der Waals surface area contributed by atoms with Gasteiger partial charge < -0.3 is 14.7 Å². The second kappa shape index (κ2) is 6.40. The van der Waals surface area contributed by atoms with E-state index in [-0.39, 0.29) is 0 Å². The zero-order valence-corrected chi connectivity index (χ0v) is 10.1. The van der Waals surface area contributed by atoms with Crippen molar-refractivity contribution >= 4 is 6.09 Å². The van der Waals surface area contributed by atoms with Crippen LogP contribution in [0, 0.1) is 11.8 Å². The van der Waals surface area contributed by atoms with Gasteiger partial charge in [-0.15, -0.1) is 0 Å². The first kappa shape index (κ1) is 12.9. The minimum Gasteiger partial charge on any atom is -0.505 e. The number of carboxylic acid groups (broad SMARTS) is 1. The molecule has 0 aromatic rings. The predicted molar refractivity (Wildman–Crippen MR) is 62.3 cm³/mol. The Balaban J connectivity index is 2.26. The summed E-state index contributed by atoms with van der Waals surface area (Å²) >= 11 is 0. The van der Waals surface area contributed by atoms with Crippen molar-refractivity contribution in [2.24, 2.45) is 11.8 Å². The molecule has 4 heteroatoms. The summed E-state index contributed by atoms with van der Waals surface area (Å²) in [6.45, 7) is 0.663. The molecule has 0 atom stereocenters. The molecule has 4 nitrogen and oxygen atoms in total. The predicted octanol–water partition coefficient (Wildman–Crippen LogP) is 2.56. The second-order valence-electron chi connectivity index (χ2n) is 4.51. The third-order valence-corrected chi connectivity index (χ3v) is 3.24. The highest BCUT2D eigenvalue weighted by Gasteiger charge is 2.21. The molecular formula is C12H21NO3. The van der Waals surface area contributed by atoms with Crippen LogP contribution in [0.4, 0.5) is 4.79 Å². The van der Waals surface area contributed by atoms with Gasteiger partial charge in [0.1, 0.15) is 0 Å². The molecule has 1 fully saturated rings. The highest BCUT2D eigenvalue weighted by molar-refractivity contribution is 5.64. The lowest BCUT2D eigenvalue weighted by Gasteiger charge is -2.28. The van der Waals surface area contributed by atoms with Gasteiger partial charge in [-0.05, 0) is 43.6 Å². The van der Waals surface area contributed by atoms with E-state index in [2.05, 4.69) is 6.08 Å². The molecule has 1 aliphatic rings. The van der Waals surface area contributed by atoms with Crippen molar-refractivity contribution in [3.63, 3.8) is 0 Å². The van der Waals surface area contributed by atoms with Gasteiger partial charge in [0.05, 0.1) is 13.4 Å². The molecular weight excluding hydrogens is 206 g/mol. The fraction of sp³-hybridized carbons (Fsp3) is 0.750. The van der Waals surface area contributed by atoms with Crippen LogP contribution >= 0.6 is 0 Å². The van der Waals surface area contributed by atoms with Crippen molar-refractivity contribution < 1.29 is 14.6 Å². The molecule has 0 radical (unpaired) electrons. The van der Waals surface area contributed by atoms with E-state index in [9.17, 15) is 4.79 Å². The van der Waals surface area contributed by atoms with Crippen molar-refractivity contribution in [1.29, 1.82) is 0 Å². The van der Waals surface area contributed by atoms with Crippen molar-refractivity contribution in [1.82, 2.24) is 4.90 Å². The summed E-state index contributed by atoms with van der Waals surface area (Å²) in [6.07, 6.45) is 7.51. The molecule has 0 aromatic carbocycles. The molecule has 1 amide bonds. The van der Waals surface area contributed by atoms with Gasteiger partial charge in [0, 0.05) is 13.6 Å². The normalized spacial score (nSPS) is 25.6. The van der Waals surface area contributed by atoms with Gasteiger partial charge in [-0.25, -0.2) is 4.79 Å². The molecule has 0 saturated heterocycles. The lowest BCUT2D eigenvalue weighted by Crippen LogP contribution is -2.32. The van der Waals surface area contributed by atoms with Crippen LogP contribution in [-0.4, -0.2) is 36.8 Å². The Bertz CT molecular complexity index is 245. The SMILES string of the molecule is CO/C=C/C1CCC(CN(C)C(=O)O)CC1. The van der Waals surface area contributed by atoms with E-state index in [4.69, 9.17) is 9.84 Å². The largest absolute Gasteiger partial charge is 0.505 e. The molecule has 92 valence electrons. The second-order valence-corrected chi connectivity index (χ2v) is 4.51. The number of hydrogen-bond acceptors (Lipinski definition) is 2. The molecule has 1 rings (SSSR count). The van der Waals surface area contributed by atoms with E-state index >= 15 is 0 Å². The summed E-state index contributed by atoms with van der Waals surface area (Å²) in [5.41, 5.74) is 0. The fourth-order valence-electron chi connectivity index (χ4n) is 2.22. The molecule has 0 unspecified atom stereocenters. The standard InChI is InChI=1S/C12H21NO3/c1-13(12(14)15)9-11-5-3-10(4-6-11)7-8-16-2/h7-8,10-11H,3-6,9H2,1-2H3,(H,14,15)/b8-7+. The van der Waals surface area contributed by atoms with Crippen LogP contribution in [0.5, 0.6) is 0 Å². The van der Waals surface area contributed by atoms with Gasteiger partial charge in [0.25, 0.3) is 0 Å². The number of ether oxygens (including phenoxy) is 1. The molecule has 1 N–H and O–H groups in total. The smallest absolute Gasteiger partial charge is 0.407 e. The summed E-state index contributed by atoms with van der Waals surface area (Å²) in [6, 6.07) is 0. The number of methoxy groups -OCH3 is 1. The molecule has 16 heavy (non-hydrogen) atoms. The molecule has 0 aromatic heterocycles. The van der Waals surface area contributed by atoms with E-state index in [1.54, 1.807) is 20.4 Å². The maximum atomic E-state index is 10.7. The van der Waals surface area contributed by atoms with E-state index < -0.39 is 6.09 Å². The van der Waals surface area contributed by atoms with Crippen LogP contribution < -0.4 is 0 Å². The first-order valence-corrected chi connectivity index (χ1v) is 5.77. The Morgan fingerprint density at radius 2 is 2.06 bits per heavy atom. The Morgan fingerprint density at radius 3 is 2.56 bits per heavy atom. The van der Waals surface area contributed by atoms with Gasteiger partial charge in [-0.1, -0.05) is 0 Å². The van der Waals surface area contributed by atoms with Gasteiger partial charge in [0.2, 0.25) is 0 Å². The lowest BCUT2D eigenvalue weighted by atomic mass is 9.82. The van der Waals surface area contributed by atoms with Crippen LogP contribution in [0.25, 0.3) is 0 Å². The Kier molecular flexibility index (Phi) is 5.15. The summed E-state index contributed by atoms with van der Waals surface area (Å²) in [7, 11) is 3.29. The number of allylic oxidation sites excluding steroid dienone is 1. The monoisotopic (exact) mass is 227 g/mol. The fourth-order valence-corrected chi connectivity index (χ4v) is 2.22. The maximum absolute atomic E-state index is 10.7. The zero-order valence-electron chi connectivity index (χ0n) is 10.1. The van der Waals surface area contributed by atoms with Crippen LogP contribution in [0.3, 0.4) is 0 Å². The summed E-state index contributed by atoms with van der Waals surface area (Å²) in [5.74, 6) is 1.12. The zero-order chi connectivity index (χ0) is 12.0. The van der Waals surface area contributed by atoms with Gasteiger partial charge in [-0.3, -0.25) is 0 Å². The third kappa shape index (κ3) is 4.13. The highest BCUT2D eigenvalue weighted by Crippen LogP contribution is 2.29. The summed E-state index contributed by atoms with van der Waals surface area (Å²) in [4.78, 5) is 12.1. The molecule has 1 aliphatic carbocycles. The molecule has 0 spiro atoms. The number of carbonyl (C=O) groups is 1. The minimum absolute atomic E-state index is 0.522. The summed E-state index contributed by atoms with van der Waals surface area (Å²) < 4.78 is 4.90.